The van der Waals surface area contributed by atoms with Crippen LogP contribution in [-0.2, 0) is 16.1 Å². The number of benzene rings is 1. The van der Waals surface area contributed by atoms with Crippen molar-refractivity contribution in [2.75, 3.05) is 18.0 Å². The first kappa shape index (κ1) is 27.8. The van der Waals surface area contributed by atoms with Gasteiger partial charge in [-0.2, -0.15) is 22.0 Å². The summed E-state index contributed by atoms with van der Waals surface area (Å²) in [5.74, 6) is -5.19. The van der Waals surface area contributed by atoms with E-state index >= 15 is 0 Å². The van der Waals surface area contributed by atoms with E-state index in [4.69, 9.17) is 0 Å². The molecule has 12 heteroatoms. The lowest BCUT2D eigenvalue weighted by atomic mass is 9.89. The number of halogens is 5. The van der Waals surface area contributed by atoms with Gasteiger partial charge in [-0.25, -0.2) is 0 Å². The van der Waals surface area contributed by atoms with Gasteiger partial charge in [-0.15, -0.1) is 0 Å². The SMILES string of the molecule is O=C1CCC(N2Cc3c(cccc3N(CCC3CC3)C3CCC(NCC(F)(F)C(F)(F)F)CC3)C2=O)C(=O)N1. The van der Waals surface area contributed by atoms with Crippen LogP contribution >= 0.6 is 0 Å². The average Bonchev–Trinajstić information content (AvgIpc) is 3.65. The van der Waals surface area contributed by atoms with Crippen molar-refractivity contribution in [3.05, 3.63) is 29.3 Å². The molecule has 2 aliphatic carbocycles. The molecule has 2 saturated carbocycles. The molecular formula is C27H33F5N4O3. The van der Waals surface area contributed by atoms with E-state index in [1.165, 1.54) is 17.7 Å². The van der Waals surface area contributed by atoms with Gasteiger partial charge < -0.3 is 15.1 Å². The van der Waals surface area contributed by atoms with E-state index in [9.17, 15) is 36.3 Å². The van der Waals surface area contributed by atoms with Gasteiger partial charge >= 0.3 is 12.1 Å². The number of nitrogens with zero attached hydrogens (tertiary/aromatic N) is 2. The summed E-state index contributed by atoms with van der Waals surface area (Å²) in [6.45, 7) is -0.426. The molecule has 0 spiro atoms. The van der Waals surface area contributed by atoms with E-state index in [1.807, 2.05) is 12.1 Å². The van der Waals surface area contributed by atoms with Gasteiger partial charge in [0.15, 0.2) is 0 Å². The summed E-state index contributed by atoms with van der Waals surface area (Å²) >= 11 is 0. The van der Waals surface area contributed by atoms with Crippen molar-refractivity contribution >= 4 is 23.4 Å². The summed E-state index contributed by atoms with van der Waals surface area (Å²) in [4.78, 5) is 41.2. The molecule has 0 bridgehead atoms. The molecule has 4 aliphatic rings. The maximum absolute atomic E-state index is 13.4. The molecule has 1 unspecified atom stereocenters. The van der Waals surface area contributed by atoms with Gasteiger partial charge in [0.1, 0.15) is 6.04 Å². The zero-order valence-electron chi connectivity index (χ0n) is 21.5. The van der Waals surface area contributed by atoms with Crippen LogP contribution in [-0.4, -0.2) is 65.9 Å². The van der Waals surface area contributed by atoms with Crippen molar-refractivity contribution in [3.63, 3.8) is 0 Å². The van der Waals surface area contributed by atoms with Crippen LogP contribution in [0.1, 0.15) is 73.7 Å². The summed E-state index contributed by atoms with van der Waals surface area (Å²) in [6, 6.07) is 4.43. The van der Waals surface area contributed by atoms with Crippen LogP contribution in [0.4, 0.5) is 27.6 Å². The van der Waals surface area contributed by atoms with Crippen molar-refractivity contribution in [3.8, 4) is 0 Å². The quantitative estimate of drug-likeness (QED) is 0.353. The van der Waals surface area contributed by atoms with Crippen LogP contribution in [0.15, 0.2) is 18.2 Å². The van der Waals surface area contributed by atoms with Gasteiger partial charge in [0.25, 0.3) is 5.91 Å². The number of carbonyl (C=O) groups excluding carboxylic acids is 3. The van der Waals surface area contributed by atoms with Crippen LogP contribution in [0.2, 0.25) is 0 Å². The molecule has 3 fully saturated rings. The number of piperidine rings is 1. The Kier molecular flexibility index (Phi) is 7.60. The zero-order valence-corrected chi connectivity index (χ0v) is 21.5. The molecule has 0 aromatic heterocycles. The van der Waals surface area contributed by atoms with E-state index < -0.39 is 36.6 Å². The van der Waals surface area contributed by atoms with Crippen molar-refractivity contribution in [2.45, 2.75) is 94.6 Å². The Hall–Kier alpha value is -2.76. The highest BCUT2D eigenvalue weighted by Crippen LogP contribution is 2.40. The number of imide groups is 1. The van der Waals surface area contributed by atoms with Gasteiger partial charge in [0, 0.05) is 48.4 Å². The molecule has 0 radical (unpaired) electrons. The van der Waals surface area contributed by atoms with Gasteiger partial charge in [-0.05, 0) is 56.6 Å². The molecule has 1 aromatic carbocycles. The largest absolute Gasteiger partial charge is 0.454 e. The van der Waals surface area contributed by atoms with Crippen molar-refractivity contribution < 1.29 is 36.3 Å². The van der Waals surface area contributed by atoms with Crippen LogP contribution in [0.25, 0.3) is 0 Å². The highest BCUT2D eigenvalue weighted by atomic mass is 19.4. The minimum Gasteiger partial charge on any atom is -0.368 e. The first-order valence-electron chi connectivity index (χ1n) is 13.7. The Bertz CT molecular complexity index is 1120. The van der Waals surface area contributed by atoms with Crippen molar-refractivity contribution in [1.82, 2.24) is 15.5 Å². The second-order valence-electron chi connectivity index (χ2n) is 11.2. The highest BCUT2D eigenvalue weighted by molar-refractivity contribution is 6.06. The van der Waals surface area contributed by atoms with Gasteiger partial charge in [0.05, 0.1) is 6.54 Å². The number of carbonyl (C=O) groups is 3. The minimum absolute atomic E-state index is 0.0520. The van der Waals surface area contributed by atoms with Crippen molar-refractivity contribution in [1.29, 1.82) is 0 Å². The van der Waals surface area contributed by atoms with Gasteiger partial charge in [-0.3, -0.25) is 19.7 Å². The summed E-state index contributed by atoms with van der Waals surface area (Å²) in [6.07, 6.45) is 0.360. The minimum atomic E-state index is -5.58. The topological polar surface area (TPSA) is 81.8 Å². The number of rotatable bonds is 9. The van der Waals surface area contributed by atoms with Crippen LogP contribution in [0.5, 0.6) is 0 Å². The molecule has 1 saturated heterocycles. The fourth-order valence-corrected chi connectivity index (χ4v) is 6.03. The smallest absolute Gasteiger partial charge is 0.368 e. The molecule has 3 amide bonds. The maximum Gasteiger partial charge on any atom is 0.454 e. The van der Waals surface area contributed by atoms with E-state index in [0.717, 1.165) is 24.2 Å². The lowest BCUT2D eigenvalue weighted by molar-refractivity contribution is -0.279. The number of anilines is 1. The summed E-state index contributed by atoms with van der Waals surface area (Å²) in [5, 5.41) is 4.74. The summed E-state index contributed by atoms with van der Waals surface area (Å²) in [5.41, 5.74) is 2.25. The molecular weight excluding hydrogens is 523 g/mol. The van der Waals surface area contributed by atoms with E-state index in [0.29, 0.717) is 37.2 Å². The number of alkyl halides is 5. The predicted octanol–water partition coefficient (Wildman–Crippen LogP) is 4.15. The number of amides is 3. The molecule has 2 aliphatic heterocycles. The molecule has 39 heavy (non-hydrogen) atoms. The Morgan fingerprint density at radius 3 is 2.33 bits per heavy atom. The number of hydrogen-bond acceptors (Lipinski definition) is 5. The number of hydrogen-bond donors (Lipinski definition) is 2. The van der Waals surface area contributed by atoms with Crippen LogP contribution in [0.3, 0.4) is 0 Å². The Balaban J connectivity index is 1.30. The lowest BCUT2D eigenvalue weighted by Gasteiger charge is -2.40. The number of nitrogens with one attached hydrogen (secondary N) is 2. The van der Waals surface area contributed by atoms with Crippen LogP contribution in [0, 0.1) is 5.92 Å². The Labute approximate surface area is 223 Å². The first-order valence-corrected chi connectivity index (χ1v) is 13.7. The number of fused-ring (bicyclic) bond motifs is 1. The normalized spacial score (nSPS) is 26.0. The Morgan fingerprint density at radius 2 is 1.69 bits per heavy atom. The van der Waals surface area contributed by atoms with Gasteiger partial charge in [0.2, 0.25) is 11.8 Å². The second kappa shape index (κ2) is 10.7. The third-order valence-electron chi connectivity index (χ3n) is 8.51. The lowest BCUT2D eigenvalue weighted by Crippen LogP contribution is -2.52. The maximum atomic E-state index is 13.4. The van der Waals surface area contributed by atoms with Crippen molar-refractivity contribution in [2.24, 2.45) is 5.92 Å². The first-order chi connectivity index (χ1) is 18.4. The average molecular weight is 557 g/mol. The second-order valence-corrected chi connectivity index (χ2v) is 11.2. The fraction of sp³-hybridized carbons (Fsp3) is 0.667. The molecule has 1 atom stereocenters. The molecule has 2 heterocycles. The monoisotopic (exact) mass is 556 g/mol. The third-order valence-corrected chi connectivity index (χ3v) is 8.51. The summed E-state index contributed by atoms with van der Waals surface area (Å²) < 4.78 is 64.5. The van der Waals surface area contributed by atoms with E-state index in [-0.39, 0.29) is 37.2 Å². The molecule has 214 valence electrons. The molecule has 2 N–H and O–H groups in total. The molecule has 5 rings (SSSR count). The zero-order chi connectivity index (χ0) is 27.9. The fourth-order valence-electron chi connectivity index (χ4n) is 6.03. The van der Waals surface area contributed by atoms with E-state index in [2.05, 4.69) is 15.5 Å². The Morgan fingerprint density at radius 1 is 0.974 bits per heavy atom. The molecule has 7 nitrogen and oxygen atoms in total. The standard InChI is InChI=1S/C27H33F5N4O3/c28-26(29,27(30,31)32)15-33-17-6-8-18(9-7-17)35(13-12-16-4-5-16)21-3-1-2-19-20(21)14-36(25(19)39)22-10-11-23(37)34-24(22)38/h1-3,16-18,22,33H,4-15H2,(H,34,37,38). The molecule has 1 aromatic rings. The van der Waals surface area contributed by atoms with Crippen LogP contribution < -0.4 is 15.5 Å². The highest BCUT2D eigenvalue weighted by Gasteiger charge is 2.57. The summed E-state index contributed by atoms with van der Waals surface area (Å²) in [7, 11) is 0. The van der Waals surface area contributed by atoms with E-state index in [1.54, 1.807) is 6.07 Å². The third kappa shape index (κ3) is 5.90. The predicted molar refractivity (Wildman–Crippen MR) is 132 cm³/mol. The van der Waals surface area contributed by atoms with Gasteiger partial charge in [-0.1, -0.05) is 18.9 Å².